The average Bonchev–Trinajstić information content (AvgIpc) is 3.08. The molecule has 0 saturated carbocycles. The number of carbonyl (C=O) groups excluding carboxylic acids is 1. The van der Waals surface area contributed by atoms with E-state index in [0.717, 1.165) is 30.0 Å². The second-order valence-corrected chi connectivity index (χ2v) is 5.52. The smallest absolute Gasteiger partial charge is 0.255 e. The van der Waals surface area contributed by atoms with E-state index >= 15 is 0 Å². The molecule has 21 heavy (non-hydrogen) atoms. The number of aryl methyl sites for hydroxylation is 1. The van der Waals surface area contributed by atoms with E-state index in [4.69, 9.17) is 4.74 Å². The maximum atomic E-state index is 12.5. The Labute approximate surface area is 124 Å². The van der Waals surface area contributed by atoms with Crippen LogP contribution < -0.4 is 4.74 Å². The summed E-state index contributed by atoms with van der Waals surface area (Å²) < 4.78 is 7.90. The summed E-state index contributed by atoms with van der Waals surface area (Å²) in [6, 6.07) is 11.7. The molecule has 1 fully saturated rings. The van der Waals surface area contributed by atoms with Crippen molar-refractivity contribution in [3.8, 4) is 5.75 Å². The van der Waals surface area contributed by atoms with Gasteiger partial charge in [-0.25, -0.2) is 0 Å². The van der Waals surface area contributed by atoms with Crippen molar-refractivity contribution < 1.29 is 9.53 Å². The molecular formula is C17H20N2O2. The van der Waals surface area contributed by atoms with Gasteiger partial charge in [0.1, 0.15) is 11.9 Å². The van der Waals surface area contributed by atoms with Gasteiger partial charge in [0.05, 0.1) is 12.1 Å². The van der Waals surface area contributed by atoms with E-state index in [1.807, 2.05) is 66.0 Å². The number of carbonyl (C=O) groups is 1. The van der Waals surface area contributed by atoms with Crippen molar-refractivity contribution in [2.75, 3.05) is 13.1 Å². The Balaban J connectivity index is 1.64. The average molecular weight is 284 g/mol. The monoisotopic (exact) mass is 284 g/mol. The molecule has 1 aromatic heterocycles. The zero-order chi connectivity index (χ0) is 14.8. The van der Waals surface area contributed by atoms with Crippen LogP contribution in [0.25, 0.3) is 0 Å². The van der Waals surface area contributed by atoms with Crippen LogP contribution in [-0.2, 0) is 7.05 Å². The number of ether oxygens (including phenoxy) is 1. The zero-order valence-electron chi connectivity index (χ0n) is 12.5. The predicted molar refractivity (Wildman–Crippen MR) is 81.5 cm³/mol. The molecule has 1 aliphatic rings. The van der Waals surface area contributed by atoms with Gasteiger partial charge in [-0.15, -0.1) is 0 Å². The van der Waals surface area contributed by atoms with Crippen molar-refractivity contribution in [1.82, 2.24) is 9.47 Å². The largest absolute Gasteiger partial charge is 0.489 e. The second-order valence-electron chi connectivity index (χ2n) is 5.52. The fourth-order valence-corrected chi connectivity index (χ4v) is 2.71. The van der Waals surface area contributed by atoms with Crippen molar-refractivity contribution in [2.24, 2.45) is 7.05 Å². The first kappa shape index (κ1) is 13.7. The van der Waals surface area contributed by atoms with Crippen molar-refractivity contribution in [1.29, 1.82) is 0 Å². The van der Waals surface area contributed by atoms with Crippen molar-refractivity contribution in [3.05, 3.63) is 53.9 Å². The van der Waals surface area contributed by atoms with Crippen LogP contribution in [0, 0.1) is 6.92 Å². The third kappa shape index (κ3) is 2.79. The van der Waals surface area contributed by atoms with Gasteiger partial charge in [-0.3, -0.25) is 4.79 Å². The van der Waals surface area contributed by atoms with E-state index in [1.54, 1.807) is 0 Å². The number of benzene rings is 1. The lowest BCUT2D eigenvalue weighted by molar-refractivity contribution is 0.0771. The Morgan fingerprint density at radius 3 is 2.67 bits per heavy atom. The number of nitrogens with zero attached hydrogens (tertiary/aromatic N) is 2. The fraction of sp³-hybridized carbons (Fsp3) is 0.353. The quantitative estimate of drug-likeness (QED) is 0.868. The number of aromatic nitrogens is 1. The molecule has 2 heterocycles. The molecule has 0 radical (unpaired) electrons. The van der Waals surface area contributed by atoms with Gasteiger partial charge in [0, 0.05) is 31.9 Å². The number of hydrogen-bond acceptors (Lipinski definition) is 2. The van der Waals surface area contributed by atoms with Gasteiger partial charge in [0.25, 0.3) is 5.91 Å². The van der Waals surface area contributed by atoms with Gasteiger partial charge in [0.15, 0.2) is 0 Å². The highest BCUT2D eigenvalue weighted by atomic mass is 16.5. The third-order valence-corrected chi connectivity index (χ3v) is 4.09. The first-order valence-corrected chi connectivity index (χ1v) is 7.28. The van der Waals surface area contributed by atoms with Gasteiger partial charge in [0.2, 0.25) is 0 Å². The maximum absolute atomic E-state index is 12.5. The molecule has 1 aliphatic heterocycles. The Kier molecular flexibility index (Phi) is 3.69. The minimum Gasteiger partial charge on any atom is -0.489 e. The first-order chi connectivity index (χ1) is 10.1. The van der Waals surface area contributed by atoms with E-state index in [9.17, 15) is 4.79 Å². The van der Waals surface area contributed by atoms with Crippen LogP contribution in [0.5, 0.6) is 5.75 Å². The Morgan fingerprint density at radius 1 is 1.24 bits per heavy atom. The summed E-state index contributed by atoms with van der Waals surface area (Å²) in [6.07, 6.45) is 2.89. The maximum Gasteiger partial charge on any atom is 0.255 e. The van der Waals surface area contributed by atoms with Crippen molar-refractivity contribution in [3.63, 3.8) is 0 Å². The molecule has 3 rings (SSSR count). The summed E-state index contributed by atoms with van der Waals surface area (Å²) in [7, 11) is 1.96. The van der Waals surface area contributed by atoms with E-state index in [0.29, 0.717) is 6.54 Å². The van der Waals surface area contributed by atoms with E-state index in [-0.39, 0.29) is 12.0 Å². The molecular weight excluding hydrogens is 264 g/mol. The second kappa shape index (κ2) is 5.64. The van der Waals surface area contributed by atoms with Gasteiger partial charge in [-0.05, 0) is 25.1 Å². The summed E-state index contributed by atoms with van der Waals surface area (Å²) in [5, 5.41) is 0. The van der Waals surface area contributed by atoms with Gasteiger partial charge in [-0.1, -0.05) is 18.2 Å². The summed E-state index contributed by atoms with van der Waals surface area (Å²) in [4.78, 5) is 14.4. The molecule has 0 N–H and O–H groups in total. The molecule has 4 heteroatoms. The molecule has 0 spiro atoms. The number of amides is 1. The molecule has 0 unspecified atom stereocenters. The molecule has 2 aromatic rings. The number of para-hydroxylation sites is 1. The van der Waals surface area contributed by atoms with E-state index in [1.165, 1.54) is 0 Å². The molecule has 0 aliphatic carbocycles. The van der Waals surface area contributed by atoms with Crippen LogP contribution in [0.2, 0.25) is 0 Å². The molecule has 1 aromatic carbocycles. The van der Waals surface area contributed by atoms with Crippen LogP contribution in [0.15, 0.2) is 42.6 Å². The van der Waals surface area contributed by atoms with Crippen LogP contribution >= 0.6 is 0 Å². The topological polar surface area (TPSA) is 34.5 Å². The van der Waals surface area contributed by atoms with E-state index in [2.05, 4.69) is 0 Å². The predicted octanol–water partition coefficient (Wildman–Crippen LogP) is 2.63. The minimum absolute atomic E-state index is 0.0837. The lowest BCUT2D eigenvalue weighted by Crippen LogP contribution is -2.31. The van der Waals surface area contributed by atoms with Gasteiger partial charge < -0.3 is 14.2 Å². The molecule has 0 bridgehead atoms. The summed E-state index contributed by atoms with van der Waals surface area (Å²) in [5.41, 5.74) is 1.80. The molecule has 110 valence electrons. The first-order valence-electron chi connectivity index (χ1n) is 7.28. The highest BCUT2D eigenvalue weighted by Gasteiger charge is 2.29. The highest BCUT2D eigenvalue weighted by molar-refractivity contribution is 5.95. The molecule has 1 amide bonds. The van der Waals surface area contributed by atoms with Crippen LogP contribution in [0.3, 0.4) is 0 Å². The normalized spacial score (nSPS) is 18.0. The SMILES string of the molecule is Cc1c(C(=O)N2CC[C@H](Oc3ccccc3)C2)ccn1C. The molecule has 1 saturated heterocycles. The van der Waals surface area contributed by atoms with Gasteiger partial charge in [-0.2, -0.15) is 0 Å². The standard InChI is InChI=1S/C17H20N2O2/c1-13-16(9-10-18(13)2)17(20)19-11-8-15(12-19)21-14-6-4-3-5-7-14/h3-7,9-10,15H,8,11-12H2,1-2H3/t15-/m0/s1. The Morgan fingerprint density at radius 2 is 2.00 bits per heavy atom. The van der Waals surface area contributed by atoms with Gasteiger partial charge >= 0.3 is 0 Å². The zero-order valence-corrected chi connectivity index (χ0v) is 12.5. The summed E-state index contributed by atoms with van der Waals surface area (Å²) in [6.45, 7) is 3.38. The van der Waals surface area contributed by atoms with Crippen molar-refractivity contribution >= 4 is 5.91 Å². The lowest BCUT2D eigenvalue weighted by atomic mass is 10.2. The van der Waals surface area contributed by atoms with Crippen molar-refractivity contribution in [2.45, 2.75) is 19.4 Å². The summed E-state index contributed by atoms with van der Waals surface area (Å²) in [5.74, 6) is 0.972. The molecule has 4 nitrogen and oxygen atoms in total. The lowest BCUT2D eigenvalue weighted by Gasteiger charge is -2.17. The number of hydrogen-bond donors (Lipinski definition) is 0. The number of rotatable bonds is 3. The van der Waals surface area contributed by atoms with Crippen LogP contribution in [-0.4, -0.2) is 34.6 Å². The number of likely N-dealkylation sites (tertiary alicyclic amines) is 1. The third-order valence-electron chi connectivity index (χ3n) is 4.09. The van der Waals surface area contributed by atoms with E-state index < -0.39 is 0 Å². The highest BCUT2D eigenvalue weighted by Crippen LogP contribution is 2.20. The summed E-state index contributed by atoms with van der Waals surface area (Å²) >= 11 is 0. The Bertz CT molecular complexity index is 633. The molecule has 1 atom stereocenters. The Hall–Kier alpha value is -2.23. The van der Waals surface area contributed by atoms with Crippen LogP contribution in [0.1, 0.15) is 22.5 Å². The van der Waals surface area contributed by atoms with Crippen LogP contribution in [0.4, 0.5) is 0 Å². The fourth-order valence-electron chi connectivity index (χ4n) is 2.71. The minimum atomic E-state index is 0.0837.